The van der Waals surface area contributed by atoms with Crippen LogP contribution in [0.1, 0.15) is 12.8 Å². The molecule has 1 aliphatic heterocycles. The second kappa shape index (κ2) is 3.50. The van der Waals surface area contributed by atoms with Gasteiger partial charge in [0.2, 0.25) is 6.79 Å². The van der Waals surface area contributed by atoms with Gasteiger partial charge in [0.05, 0.1) is 5.60 Å². The van der Waals surface area contributed by atoms with Gasteiger partial charge in [0.15, 0.2) is 5.76 Å². The standard InChI is InChI=1S/C11H14O3/c1-3-5-11(12-2)6-4-9-10(7-11)14-8-13-9/h3-4,6H,1,5,7-8H2,2H3. The molecule has 0 bridgehead atoms. The van der Waals surface area contributed by atoms with E-state index in [2.05, 4.69) is 6.58 Å². The molecule has 0 saturated carbocycles. The Kier molecular flexibility index (Phi) is 2.33. The third-order valence-electron chi connectivity index (χ3n) is 2.62. The molecule has 14 heavy (non-hydrogen) atoms. The molecule has 0 saturated heterocycles. The van der Waals surface area contributed by atoms with Crippen molar-refractivity contribution in [3.8, 4) is 0 Å². The van der Waals surface area contributed by atoms with Crippen LogP contribution in [0.3, 0.4) is 0 Å². The number of ether oxygens (including phenoxy) is 3. The van der Waals surface area contributed by atoms with E-state index in [0.29, 0.717) is 6.79 Å². The van der Waals surface area contributed by atoms with Crippen LogP contribution in [0.15, 0.2) is 36.3 Å². The van der Waals surface area contributed by atoms with Gasteiger partial charge in [-0.25, -0.2) is 0 Å². The fourth-order valence-electron chi connectivity index (χ4n) is 1.76. The maximum absolute atomic E-state index is 5.50. The van der Waals surface area contributed by atoms with Crippen LogP contribution in [0, 0.1) is 0 Å². The van der Waals surface area contributed by atoms with E-state index >= 15 is 0 Å². The summed E-state index contributed by atoms with van der Waals surface area (Å²) in [7, 11) is 1.70. The average molecular weight is 194 g/mol. The van der Waals surface area contributed by atoms with Crippen molar-refractivity contribution in [2.24, 2.45) is 0 Å². The Morgan fingerprint density at radius 1 is 1.64 bits per heavy atom. The van der Waals surface area contributed by atoms with E-state index in [0.717, 1.165) is 24.4 Å². The molecule has 0 fully saturated rings. The Morgan fingerprint density at radius 2 is 2.50 bits per heavy atom. The van der Waals surface area contributed by atoms with Gasteiger partial charge in [-0.3, -0.25) is 0 Å². The first kappa shape index (κ1) is 9.34. The molecule has 0 spiro atoms. The quantitative estimate of drug-likeness (QED) is 0.644. The van der Waals surface area contributed by atoms with E-state index in [9.17, 15) is 0 Å². The number of hydrogen-bond acceptors (Lipinski definition) is 3. The Bertz CT molecular complexity index is 304. The summed E-state index contributed by atoms with van der Waals surface area (Å²) >= 11 is 0. The van der Waals surface area contributed by atoms with E-state index in [1.807, 2.05) is 18.2 Å². The summed E-state index contributed by atoms with van der Waals surface area (Å²) in [6.07, 6.45) is 7.29. The molecule has 1 unspecified atom stereocenters. The van der Waals surface area contributed by atoms with Gasteiger partial charge in [-0.2, -0.15) is 0 Å². The third kappa shape index (κ3) is 1.44. The molecule has 0 amide bonds. The summed E-state index contributed by atoms with van der Waals surface area (Å²) in [4.78, 5) is 0. The van der Waals surface area contributed by atoms with Gasteiger partial charge in [-0.1, -0.05) is 6.08 Å². The Hall–Kier alpha value is -1.22. The average Bonchev–Trinajstić information content (AvgIpc) is 2.65. The predicted octanol–water partition coefficient (Wildman–Crippen LogP) is 2.12. The summed E-state index contributed by atoms with van der Waals surface area (Å²) in [6, 6.07) is 0. The molecular formula is C11H14O3. The lowest BCUT2D eigenvalue weighted by atomic mass is 9.90. The van der Waals surface area contributed by atoms with E-state index in [1.165, 1.54) is 0 Å². The molecule has 0 N–H and O–H groups in total. The van der Waals surface area contributed by atoms with Crippen molar-refractivity contribution in [3.63, 3.8) is 0 Å². The van der Waals surface area contributed by atoms with Gasteiger partial charge < -0.3 is 14.2 Å². The highest BCUT2D eigenvalue weighted by Crippen LogP contribution is 2.36. The maximum Gasteiger partial charge on any atom is 0.230 e. The molecule has 3 nitrogen and oxygen atoms in total. The summed E-state index contributed by atoms with van der Waals surface area (Å²) in [5, 5.41) is 0. The molecular weight excluding hydrogens is 180 g/mol. The summed E-state index contributed by atoms with van der Waals surface area (Å²) in [6.45, 7) is 4.05. The van der Waals surface area contributed by atoms with Crippen LogP contribution >= 0.6 is 0 Å². The van der Waals surface area contributed by atoms with Crippen LogP contribution < -0.4 is 0 Å². The van der Waals surface area contributed by atoms with Gasteiger partial charge in [0.25, 0.3) is 0 Å². The number of methoxy groups -OCH3 is 1. The summed E-state index contributed by atoms with van der Waals surface area (Å²) < 4.78 is 16.1. The zero-order valence-corrected chi connectivity index (χ0v) is 8.29. The van der Waals surface area contributed by atoms with Gasteiger partial charge >= 0.3 is 0 Å². The lowest BCUT2D eigenvalue weighted by Gasteiger charge is -2.30. The topological polar surface area (TPSA) is 27.7 Å². The zero-order valence-electron chi connectivity index (χ0n) is 8.29. The highest BCUT2D eigenvalue weighted by atomic mass is 16.7. The second-order valence-electron chi connectivity index (χ2n) is 3.47. The monoisotopic (exact) mass is 194 g/mol. The first-order chi connectivity index (χ1) is 6.79. The predicted molar refractivity (Wildman–Crippen MR) is 52.4 cm³/mol. The van der Waals surface area contributed by atoms with Crippen molar-refractivity contribution in [1.29, 1.82) is 0 Å². The molecule has 1 atom stereocenters. The van der Waals surface area contributed by atoms with Crippen LogP contribution in [0.25, 0.3) is 0 Å². The molecule has 0 aromatic heterocycles. The number of hydrogen-bond donors (Lipinski definition) is 0. The van der Waals surface area contributed by atoms with E-state index in [1.54, 1.807) is 7.11 Å². The molecule has 2 rings (SSSR count). The van der Waals surface area contributed by atoms with Crippen LogP contribution in [-0.4, -0.2) is 19.5 Å². The number of rotatable bonds is 3. The SMILES string of the molecule is C=CCC1(OC)C=CC2=C(C1)OCO2. The van der Waals surface area contributed by atoms with Crippen LogP contribution in [0.2, 0.25) is 0 Å². The van der Waals surface area contributed by atoms with Gasteiger partial charge in [0, 0.05) is 13.5 Å². The molecule has 1 heterocycles. The molecule has 0 aromatic rings. The van der Waals surface area contributed by atoms with Crippen molar-refractivity contribution < 1.29 is 14.2 Å². The van der Waals surface area contributed by atoms with Gasteiger partial charge in [0.1, 0.15) is 5.76 Å². The lowest BCUT2D eigenvalue weighted by molar-refractivity contribution is 0.0160. The van der Waals surface area contributed by atoms with E-state index < -0.39 is 0 Å². The molecule has 3 heteroatoms. The van der Waals surface area contributed by atoms with Crippen molar-refractivity contribution in [1.82, 2.24) is 0 Å². The van der Waals surface area contributed by atoms with Crippen molar-refractivity contribution in [2.45, 2.75) is 18.4 Å². The first-order valence-corrected chi connectivity index (χ1v) is 4.64. The molecule has 0 aromatic carbocycles. The van der Waals surface area contributed by atoms with Gasteiger partial charge in [-0.15, -0.1) is 6.58 Å². The van der Waals surface area contributed by atoms with Gasteiger partial charge in [-0.05, 0) is 18.6 Å². The van der Waals surface area contributed by atoms with Crippen LogP contribution in [0.5, 0.6) is 0 Å². The normalized spacial score (nSPS) is 29.5. The molecule has 2 aliphatic rings. The summed E-state index contributed by atoms with van der Waals surface area (Å²) in [5.41, 5.74) is -0.297. The maximum atomic E-state index is 5.50. The molecule has 0 radical (unpaired) electrons. The Labute approximate surface area is 83.6 Å². The van der Waals surface area contributed by atoms with Crippen LogP contribution in [0.4, 0.5) is 0 Å². The third-order valence-corrected chi connectivity index (χ3v) is 2.62. The highest BCUT2D eigenvalue weighted by Gasteiger charge is 2.34. The minimum absolute atomic E-state index is 0.297. The first-order valence-electron chi connectivity index (χ1n) is 4.64. The van der Waals surface area contributed by atoms with Crippen molar-refractivity contribution in [2.75, 3.05) is 13.9 Å². The zero-order chi connectivity index (χ0) is 10.0. The minimum atomic E-state index is -0.297. The Balaban J connectivity index is 2.19. The fourth-order valence-corrected chi connectivity index (χ4v) is 1.76. The fraction of sp³-hybridized carbons (Fsp3) is 0.455. The highest BCUT2D eigenvalue weighted by molar-refractivity contribution is 5.29. The molecule has 76 valence electrons. The van der Waals surface area contributed by atoms with Crippen molar-refractivity contribution in [3.05, 3.63) is 36.3 Å². The minimum Gasteiger partial charge on any atom is -0.458 e. The van der Waals surface area contributed by atoms with Crippen LogP contribution in [-0.2, 0) is 14.2 Å². The largest absolute Gasteiger partial charge is 0.458 e. The number of allylic oxidation sites excluding steroid dienone is 1. The molecule has 1 aliphatic carbocycles. The Morgan fingerprint density at radius 3 is 3.21 bits per heavy atom. The van der Waals surface area contributed by atoms with E-state index in [4.69, 9.17) is 14.2 Å². The van der Waals surface area contributed by atoms with Crippen molar-refractivity contribution >= 4 is 0 Å². The summed E-state index contributed by atoms with van der Waals surface area (Å²) in [5.74, 6) is 1.72. The van der Waals surface area contributed by atoms with E-state index in [-0.39, 0.29) is 5.60 Å². The lowest BCUT2D eigenvalue weighted by Crippen LogP contribution is -2.30. The smallest absolute Gasteiger partial charge is 0.230 e. The second-order valence-corrected chi connectivity index (χ2v) is 3.47.